The molecule has 0 aliphatic heterocycles. The molecule has 3 nitrogen and oxygen atoms in total. The molecule has 0 spiro atoms. The van der Waals surface area contributed by atoms with Gasteiger partial charge in [0.1, 0.15) is 5.75 Å². The van der Waals surface area contributed by atoms with Crippen LogP contribution in [-0.4, -0.2) is 19.2 Å². The highest BCUT2D eigenvalue weighted by molar-refractivity contribution is 5.71. The molecule has 1 atom stereocenters. The number of carbonyl (C=O) groups excluding carboxylic acids is 1. The van der Waals surface area contributed by atoms with Crippen LogP contribution in [0.3, 0.4) is 0 Å². The van der Waals surface area contributed by atoms with Crippen molar-refractivity contribution in [2.75, 3.05) is 13.2 Å². The number of benzene rings is 1. The summed E-state index contributed by atoms with van der Waals surface area (Å²) >= 11 is 0. The predicted octanol–water partition coefficient (Wildman–Crippen LogP) is 3.66. The summed E-state index contributed by atoms with van der Waals surface area (Å²) in [7, 11) is 0. The summed E-state index contributed by atoms with van der Waals surface area (Å²) in [5, 5.41) is 0. The van der Waals surface area contributed by atoms with Gasteiger partial charge in [0.15, 0.2) is 0 Å². The normalized spacial score (nSPS) is 12.0. The van der Waals surface area contributed by atoms with E-state index < -0.39 is 0 Å². The summed E-state index contributed by atoms with van der Waals surface area (Å²) < 4.78 is 10.7. The summed E-state index contributed by atoms with van der Waals surface area (Å²) in [5.74, 6) is 0.764. The third-order valence-corrected chi connectivity index (χ3v) is 3.07. The Morgan fingerprint density at radius 3 is 2.74 bits per heavy atom. The van der Waals surface area contributed by atoms with Crippen molar-refractivity contribution in [1.29, 1.82) is 0 Å². The minimum absolute atomic E-state index is 0.0536. The smallest absolute Gasteiger partial charge is 0.308 e. The van der Waals surface area contributed by atoms with E-state index in [2.05, 4.69) is 19.1 Å². The standard InChI is InChI=1S/C16H24O3/c1-5-18-16(17)14(4)7-6-10-19-15-11-12(2)8-9-13(15)3/h8-9,11,14H,5-7,10H2,1-4H3/t14-/m0/s1. The van der Waals surface area contributed by atoms with E-state index in [0.717, 1.165) is 24.2 Å². The van der Waals surface area contributed by atoms with Gasteiger partial charge >= 0.3 is 5.97 Å². The van der Waals surface area contributed by atoms with Crippen LogP contribution in [0.4, 0.5) is 0 Å². The van der Waals surface area contributed by atoms with Gasteiger partial charge in [-0.3, -0.25) is 4.79 Å². The predicted molar refractivity (Wildman–Crippen MR) is 76.4 cm³/mol. The van der Waals surface area contributed by atoms with Crippen molar-refractivity contribution in [3.05, 3.63) is 29.3 Å². The SMILES string of the molecule is CCOC(=O)[C@@H](C)CCCOc1cc(C)ccc1C. The Kier molecular flexibility index (Phi) is 6.40. The summed E-state index contributed by atoms with van der Waals surface area (Å²) in [5.41, 5.74) is 2.34. The number of hydrogen-bond acceptors (Lipinski definition) is 3. The van der Waals surface area contributed by atoms with Gasteiger partial charge in [-0.25, -0.2) is 0 Å². The number of aryl methyl sites for hydroxylation is 2. The van der Waals surface area contributed by atoms with Crippen molar-refractivity contribution in [1.82, 2.24) is 0 Å². The fourth-order valence-electron chi connectivity index (χ4n) is 1.84. The van der Waals surface area contributed by atoms with Crippen molar-refractivity contribution in [3.8, 4) is 5.75 Å². The van der Waals surface area contributed by atoms with Crippen molar-refractivity contribution < 1.29 is 14.3 Å². The number of hydrogen-bond donors (Lipinski definition) is 0. The molecule has 0 heterocycles. The second kappa shape index (κ2) is 7.82. The zero-order valence-corrected chi connectivity index (χ0v) is 12.4. The lowest BCUT2D eigenvalue weighted by atomic mass is 10.1. The first-order valence-electron chi connectivity index (χ1n) is 6.91. The molecule has 0 aliphatic carbocycles. The number of carbonyl (C=O) groups is 1. The Morgan fingerprint density at radius 1 is 1.32 bits per heavy atom. The van der Waals surface area contributed by atoms with Gasteiger partial charge < -0.3 is 9.47 Å². The van der Waals surface area contributed by atoms with Gasteiger partial charge in [-0.2, -0.15) is 0 Å². The molecule has 0 saturated heterocycles. The van der Waals surface area contributed by atoms with Crippen LogP contribution >= 0.6 is 0 Å². The molecule has 106 valence electrons. The maximum absolute atomic E-state index is 11.4. The average molecular weight is 264 g/mol. The Labute approximate surface area is 115 Å². The zero-order valence-electron chi connectivity index (χ0n) is 12.4. The first-order chi connectivity index (χ1) is 9.04. The Hall–Kier alpha value is -1.51. The maximum Gasteiger partial charge on any atom is 0.308 e. The lowest BCUT2D eigenvalue weighted by Gasteiger charge is -2.12. The molecule has 0 radical (unpaired) electrons. The molecular formula is C16H24O3. The monoisotopic (exact) mass is 264 g/mol. The minimum Gasteiger partial charge on any atom is -0.493 e. The van der Waals surface area contributed by atoms with Crippen LogP contribution in [0.15, 0.2) is 18.2 Å². The summed E-state index contributed by atoms with van der Waals surface area (Å²) in [6, 6.07) is 6.18. The van der Waals surface area contributed by atoms with Gasteiger partial charge in [-0.1, -0.05) is 19.1 Å². The van der Waals surface area contributed by atoms with Gasteiger partial charge in [0.05, 0.1) is 19.1 Å². The highest BCUT2D eigenvalue weighted by atomic mass is 16.5. The largest absolute Gasteiger partial charge is 0.493 e. The molecule has 1 aromatic carbocycles. The van der Waals surface area contributed by atoms with E-state index in [9.17, 15) is 4.79 Å². The molecule has 19 heavy (non-hydrogen) atoms. The molecular weight excluding hydrogens is 240 g/mol. The van der Waals surface area contributed by atoms with Crippen LogP contribution < -0.4 is 4.74 Å². The topological polar surface area (TPSA) is 35.5 Å². The Morgan fingerprint density at radius 2 is 2.05 bits per heavy atom. The lowest BCUT2D eigenvalue weighted by molar-refractivity contribution is -0.147. The van der Waals surface area contributed by atoms with E-state index in [1.54, 1.807) is 0 Å². The van der Waals surface area contributed by atoms with E-state index in [4.69, 9.17) is 9.47 Å². The number of ether oxygens (including phenoxy) is 2. The Balaban J connectivity index is 2.31. The fraction of sp³-hybridized carbons (Fsp3) is 0.562. The first-order valence-corrected chi connectivity index (χ1v) is 6.91. The quantitative estimate of drug-likeness (QED) is 0.557. The van der Waals surface area contributed by atoms with Gasteiger partial charge in [0.2, 0.25) is 0 Å². The number of rotatable bonds is 7. The molecule has 0 aromatic heterocycles. The van der Waals surface area contributed by atoms with Crippen LogP contribution in [-0.2, 0) is 9.53 Å². The molecule has 0 unspecified atom stereocenters. The van der Waals surface area contributed by atoms with Crippen LogP contribution in [0.2, 0.25) is 0 Å². The van der Waals surface area contributed by atoms with E-state index in [-0.39, 0.29) is 11.9 Å². The van der Waals surface area contributed by atoms with Crippen LogP contribution in [0.5, 0.6) is 5.75 Å². The van der Waals surface area contributed by atoms with E-state index in [0.29, 0.717) is 13.2 Å². The average Bonchev–Trinajstić information content (AvgIpc) is 2.38. The third kappa shape index (κ3) is 5.33. The van der Waals surface area contributed by atoms with Gasteiger partial charge in [0.25, 0.3) is 0 Å². The highest BCUT2D eigenvalue weighted by Gasteiger charge is 2.13. The second-order valence-corrected chi connectivity index (χ2v) is 4.91. The van der Waals surface area contributed by atoms with Gasteiger partial charge in [-0.15, -0.1) is 0 Å². The van der Waals surface area contributed by atoms with E-state index >= 15 is 0 Å². The van der Waals surface area contributed by atoms with Crippen LogP contribution in [0.25, 0.3) is 0 Å². The maximum atomic E-state index is 11.4. The molecule has 0 amide bonds. The fourth-order valence-corrected chi connectivity index (χ4v) is 1.84. The molecule has 0 N–H and O–H groups in total. The molecule has 3 heteroatoms. The van der Waals surface area contributed by atoms with E-state index in [1.807, 2.05) is 26.8 Å². The summed E-state index contributed by atoms with van der Waals surface area (Å²) in [6.07, 6.45) is 1.65. The van der Waals surface area contributed by atoms with E-state index in [1.165, 1.54) is 5.56 Å². The molecule has 1 rings (SSSR count). The summed E-state index contributed by atoms with van der Waals surface area (Å²) in [6.45, 7) is 8.89. The minimum atomic E-state index is -0.116. The van der Waals surface area contributed by atoms with Crippen LogP contribution in [0, 0.1) is 19.8 Å². The first kappa shape index (κ1) is 15.5. The molecule has 0 bridgehead atoms. The van der Waals surface area contributed by atoms with Gasteiger partial charge in [-0.05, 0) is 50.8 Å². The van der Waals surface area contributed by atoms with Crippen LogP contribution in [0.1, 0.15) is 37.8 Å². The molecule has 0 aliphatic rings. The van der Waals surface area contributed by atoms with Crippen molar-refractivity contribution >= 4 is 5.97 Å². The Bertz CT molecular complexity index is 412. The van der Waals surface area contributed by atoms with Crippen molar-refractivity contribution in [2.24, 2.45) is 5.92 Å². The third-order valence-electron chi connectivity index (χ3n) is 3.07. The molecule has 1 aromatic rings. The zero-order chi connectivity index (χ0) is 14.3. The molecule has 0 fully saturated rings. The summed E-state index contributed by atoms with van der Waals surface area (Å²) in [4.78, 5) is 11.4. The highest BCUT2D eigenvalue weighted by Crippen LogP contribution is 2.19. The number of esters is 1. The molecule has 0 saturated carbocycles. The van der Waals surface area contributed by atoms with Crippen molar-refractivity contribution in [2.45, 2.75) is 40.5 Å². The lowest BCUT2D eigenvalue weighted by Crippen LogP contribution is -2.15. The second-order valence-electron chi connectivity index (χ2n) is 4.91. The van der Waals surface area contributed by atoms with Gasteiger partial charge in [0, 0.05) is 0 Å². The van der Waals surface area contributed by atoms with Crippen molar-refractivity contribution in [3.63, 3.8) is 0 Å².